The summed E-state index contributed by atoms with van der Waals surface area (Å²) < 4.78 is 0. The Balaban J connectivity index is 1.22. The second kappa shape index (κ2) is 11.9. The first kappa shape index (κ1) is 24.8. The smallest absolute Gasteiger partial charge is 0.324 e. The van der Waals surface area contributed by atoms with Crippen molar-refractivity contribution in [1.29, 1.82) is 0 Å². The van der Waals surface area contributed by atoms with E-state index in [4.69, 9.17) is 0 Å². The van der Waals surface area contributed by atoms with Crippen molar-refractivity contribution in [3.05, 3.63) is 66.2 Å². The van der Waals surface area contributed by atoms with Gasteiger partial charge in [-0.05, 0) is 56.7 Å². The van der Waals surface area contributed by atoms with Gasteiger partial charge in [-0.15, -0.1) is 0 Å². The lowest BCUT2D eigenvalue weighted by molar-refractivity contribution is -0.139. The summed E-state index contributed by atoms with van der Waals surface area (Å²) in [5.41, 5.74) is 2.29. The van der Waals surface area contributed by atoms with Crippen LogP contribution in [0.5, 0.6) is 0 Å². The fourth-order valence-electron chi connectivity index (χ4n) is 5.23. The summed E-state index contributed by atoms with van der Waals surface area (Å²) in [6, 6.07) is 19.5. The van der Waals surface area contributed by atoms with Crippen LogP contribution >= 0.6 is 0 Å². The molecule has 1 heterocycles. The number of nitrogens with zero attached hydrogens (tertiary/aromatic N) is 2. The number of para-hydroxylation sites is 1. The van der Waals surface area contributed by atoms with E-state index in [2.05, 4.69) is 34.6 Å². The molecule has 0 bridgehead atoms. The van der Waals surface area contributed by atoms with Crippen LogP contribution in [0.25, 0.3) is 0 Å². The highest BCUT2D eigenvalue weighted by Gasteiger charge is 2.45. The molecule has 2 aromatic carbocycles. The molecule has 1 aliphatic carbocycles. The molecule has 7 heteroatoms. The third kappa shape index (κ3) is 6.21. The molecule has 1 saturated heterocycles. The molecule has 0 spiro atoms. The lowest BCUT2D eigenvalue weighted by Gasteiger charge is -2.42. The Bertz CT molecular complexity index is 998. The molecule has 3 unspecified atom stereocenters. The third-order valence-electron chi connectivity index (χ3n) is 7.23. The number of nitrogens with one attached hydrogen (secondary N) is 2. The van der Waals surface area contributed by atoms with Gasteiger partial charge in [0.1, 0.15) is 0 Å². The number of fused-ring (bicyclic) bond motifs is 1. The molecule has 4 rings (SSSR count). The number of carbonyl (C=O) groups excluding carboxylic acids is 3. The van der Waals surface area contributed by atoms with E-state index in [1.807, 2.05) is 48.5 Å². The maximum Gasteiger partial charge on any atom is 0.324 e. The Morgan fingerprint density at radius 2 is 1.77 bits per heavy atom. The number of amides is 4. The summed E-state index contributed by atoms with van der Waals surface area (Å²) in [5, 5.41) is 6.08. The maximum atomic E-state index is 13.0. The van der Waals surface area contributed by atoms with Crippen LogP contribution in [0.15, 0.2) is 60.7 Å². The molecule has 4 amide bonds. The molecular weight excluding hydrogens is 440 g/mol. The van der Waals surface area contributed by atoms with Crippen LogP contribution in [-0.4, -0.2) is 55.0 Å². The quantitative estimate of drug-likeness (QED) is 0.514. The monoisotopic (exact) mass is 476 g/mol. The number of imide groups is 1. The number of carbonyl (C=O) groups is 3. The highest BCUT2D eigenvalue weighted by atomic mass is 16.2. The summed E-state index contributed by atoms with van der Waals surface area (Å²) in [6.07, 6.45) is 3.32. The van der Waals surface area contributed by atoms with Crippen molar-refractivity contribution >= 4 is 23.5 Å². The standard InChI is InChI=1S/C28H36N4O3/c1-2-31(23-12-7-4-8-13-23)18-9-17-29-26(33)22-14-15-24-25(20-22)30-28(35)32(27(24)34)19-16-21-10-5-3-6-11-21/h3-8,10-13,22,24-25H,2,9,14-20H2,1H3,(H,29,33)(H,30,35). The number of hydrogen-bond acceptors (Lipinski definition) is 4. The summed E-state index contributed by atoms with van der Waals surface area (Å²) in [5.74, 6) is -0.485. The Labute approximate surface area is 207 Å². The average molecular weight is 477 g/mol. The van der Waals surface area contributed by atoms with Gasteiger partial charge >= 0.3 is 6.03 Å². The number of anilines is 1. The topological polar surface area (TPSA) is 81.8 Å². The van der Waals surface area contributed by atoms with Crippen molar-refractivity contribution < 1.29 is 14.4 Å². The Hall–Kier alpha value is -3.35. The van der Waals surface area contributed by atoms with Crippen molar-refractivity contribution in [1.82, 2.24) is 15.5 Å². The molecule has 1 saturated carbocycles. The summed E-state index contributed by atoms with van der Waals surface area (Å²) in [4.78, 5) is 42.2. The minimum atomic E-state index is -0.339. The minimum absolute atomic E-state index is 0.0272. The average Bonchev–Trinajstić information content (AvgIpc) is 2.89. The van der Waals surface area contributed by atoms with Crippen LogP contribution in [0.4, 0.5) is 10.5 Å². The maximum absolute atomic E-state index is 13.0. The Kier molecular flexibility index (Phi) is 8.40. The fraction of sp³-hybridized carbons (Fsp3) is 0.464. The van der Waals surface area contributed by atoms with E-state index in [0.717, 1.165) is 25.1 Å². The normalized spacial score (nSPS) is 21.7. The second-order valence-electron chi connectivity index (χ2n) is 9.46. The van der Waals surface area contributed by atoms with Crippen LogP contribution in [0, 0.1) is 11.8 Å². The zero-order valence-corrected chi connectivity index (χ0v) is 20.5. The predicted octanol–water partition coefficient (Wildman–Crippen LogP) is 3.60. The van der Waals surface area contributed by atoms with E-state index in [9.17, 15) is 14.4 Å². The number of benzene rings is 2. The number of urea groups is 1. The van der Waals surface area contributed by atoms with E-state index in [1.165, 1.54) is 10.6 Å². The number of hydrogen-bond donors (Lipinski definition) is 2. The Morgan fingerprint density at radius 3 is 2.49 bits per heavy atom. The molecule has 186 valence electrons. The lowest BCUT2D eigenvalue weighted by atomic mass is 9.76. The van der Waals surface area contributed by atoms with Gasteiger partial charge in [-0.2, -0.15) is 0 Å². The molecule has 2 aromatic rings. The molecule has 1 aliphatic heterocycles. The van der Waals surface area contributed by atoms with Gasteiger partial charge in [0.15, 0.2) is 0 Å². The van der Waals surface area contributed by atoms with Gasteiger partial charge in [0.2, 0.25) is 11.8 Å². The SMILES string of the molecule is CCN(CCCNC(=O)C1CCC2C(=O)N(CCc3ccccc3)C(=O)NC2C1)c1ccccc1. The molecule has 3 atom stereocenters. The molecule has 2 fully saturated rings. The second-order valence-corrected chi connectivity index (χ2v) is 9.46. The van der Waals surface area contributed by atoms with Gasteiger partial charge in [0, 0.05) is 43.8 Å². The van der Waals surface area contributed by atoms with Crippen molar-refractivity contribution in [2.24, 2.45) is 11.8 Å². The van der Waals surface area contributed by atoms with E-state index in [-0.39, 0.29) is 35.7 Å². The van der Waals surface area contributed by atoms with Crippen molar-refractivity contribution in [3.63, 3.8) is 0 Å². The third-order valence-corrected chi connectivity index (χ3v) is 7.23. The van der Waals surface area contributed by atoms with E-state index < -0.39 is 0 Å². The van der Waals surface area contributed by atoms with Gasteiger partial charge in [-0.25, -0.2) is 4.79 Å². The summed E-state index contributed by atoms with van der Waals surface area (Å²) in [7, 11) is 0. The van der Waals surface area contributed by atoms with Crippen molar-refractivity contribution in [2.45, 2.75) is 45.1 Å². The fourth-order valence-corrected chi connectivity index (χ4v) is 5.23. The van der Waals surface area contributed by atoms with Gasteiger partial charge in [0.05, 0.1) is 5.92 Å². The zero-order chi connectivity index (χ0) is 24.6. The molecule has 0 radical (unpaired) electrons. The summed E-state index contributed by atoms with van der Waals surface area (Å²) in [6.45, 7) is 4.91. The highest BCUT2D eigenvalue weighted by molar-refractivity contribution is 5.99. The lowest BCUT2D eigenvalue weighted by Crippen LogP contribution is -2.62. The molecule has 7 nitrogen and oxygen atoms in total. The first-order valence-corrected chi connectivity index (χ1v) is 12.8. The van der Waals surface area contributed by atoms with Crippen LogP contribution < -0.4 is 15.5 Å². The van der Waals surface area contributed by atoms with Crippen LogP contribution in [-0.2, 0) is 16.0 Å². The van der Waals surface area contributed by atoms with E-state index >= 15 is 0 Å². The van der Waals surface area contributed by atoms with E-state index in [1.54, 1.807) is 0 Å². The highest BCUT2D eigenvalue weighted by Crippen LogP contribution is 2.33. The largest absolute Gasteiger partial charge is 0.372 e. The van der Waals surface area contributed by atoms with Crippen LogP contribution in [0.3, 0.4) is 0 Å². The van der Waals surface area contributed by atoms with Gasteiger partial charge in [0.25, 0.3) is 0 Å². The van der Waals surface area contributed by atoms with Crippen LogP contribution in [0.1, 0.15) is 38.2 Å². The zero-order valence-electron chi connectivity index (χ0n) is 20.5. The first-order valence-electron chi connectivity index (χ1n) is 12.8. The van der Waals surface area contributed by atoms with Crippen molar-refractivity contribution in [3.8, 4) is 0 Å². The van der Waals surface area contributed by atoms with Gasteiger partial charge < -0.3 is 15.5 Å². The van der Waals surface area contributed by atoms with Gasteiger partial charge in [-0.1, -0.05) is 48.5 Å². The molecule has 2 N–H and O–H groups in total. The predicted molar refractivity (Wildman–Crippen MR) is 137 cm³/mol. The molecule has 35 heavy (non-hydrogen) atoms. The minimum Gasteiger partial charge on any atom is -0.372 e. The van der Waals surface area contributed by atoms with E-state index in [0.29, 0.717) is 38.8 Å². The molecule has 0 aromatic heterocycles. The summed E-state index contributed by atoms with van der Waals surface area (Å²) >= 11 is 0. The van der Waals surface area contributed by atoms with Crippen LogP contribution in [0.2, 0.25) is 0 Å². The Morgan fingerprint density at radius 1 is 1.06 bits per heavy atom. The number of rotatable bonds is 10. The van der Waals surface area contributed by atoms with Crippen molar-refractivity contribution in [2.75, 3.05) is 31.1 Å². The molecule has 2 aliphatic rings. The first-order chi connectivity index (χ1) is 17.1. The van der Waals surface area contributed by atoms with Gasteiger partial charge in [-0.3, -0.25) is 14.5 Å². The molecular formula is C28H36N4O3.